The van der Waals surface area contributed by atoms with Gasteiger partial charge in [-0.3, -0.25) is 0 Å². The molecule has 1 radical (unpaired) electrons. The molecule has 0 aromatic heterocycles. The molecule has 0 bridgehead atoms. The molecule has 0 unspecified atom stereocenters. The molecule has 0 aromatic carbocycles. The Balaban J connectivity index is 2.54. The third-order valence-corrected chi connectivity index (χ3v) is 3.16. The normalized spacial score (nSPS) is 9.60. The Hall–Kier alpha value is 0.790. The van der Waals surface area contributed by atoms with E-state index in [1.807, 2.05) is 0 Å². The van der Waals surface area contributed by atoms with Crippen molar-refractivity contribution in [1.29, 1.82) is 0 Å². The standard InChI is InChI=1S/C4H10Te/c1-4(2)5-3/h4H,1-3H3/q+1. The summed E-state index contributed by atoms with van der Waals surface area (Å²) in [5.41, 5.74) is 0. The summed E-state index contributed by atoms with van der Waals surface area (Å²) in [6.45, 7) is 4.56. The van der Waals surface area contributed by atoms with Gasteiger partial charge in [0.1, 0.15) is 0 Å². The van der Waals surface area contributed by atoms with E-state index in [-0.39, 0.29) is 0 Å². The van der Waals surface area contributed by atoms with Gasteiger partial charge in [0.05, 0.1) is 0 Å². The summed E-state index contributed by atoms with van der Waals surface area (Å²) >= 11 is 0.410. The molecule has 0 amide bonds. The summed E-state index contributed by atoms with van der Waals surface area (Å²) in [6.07, 6.45) is 0. The van der Waals surface area contributed by atoms with Gasteiger partial charge < -0.3 is 0 Å². The second-order valence-corrected chi connectivity index (χ2v) is 5.32. The molecular formula is C4H10Te+. The SMILES string of the molecule is C[Te+]C(C)C. The van der Waals surface area contributed by atoms with Crippen LogP contribution in [0.4, 0.5) is 0 Å². The van der Waals surface area contributed by atoms with Crippen molar-refractivity contribution < 1.29 is 0 Å². The first-order chi connectivity index (χ1) is 2.27. The predicted octanol–water partition coefficient (Wildman–Crippen LogP) is 1.57. The van der Waals surface area contributed by atoms with Crippen LogP contribution in [-0.2, 0) is 0 Å². The summed E-state index contributed by atoms with van der Waals surface area (Å²) in [6, 6.07) is 0. The van der Waals surface area contributed by atoms with E-state index in [4.69, 9.17) is 0 Å². The molecule has 5 heavy (non-hydrogen) atoms. The Kier molecular flexibility index (Phi) is 3.47. The Morgan fingerprint density at radius 3 is 1.60 bits per heavy atom. The van der Waals surface area contributed by atoms with Crippen LogP contribution in [0.2, 0.25) is 8.94 Å². The Bertz CT molecular complexity index is 17.6. The van der Waals surface area contributed by atoms with E-state index in [0.717, 1.165) is 3.97 Å². The second kappa shape index (κ2) is 3.00. The molecule has 0 spiro atoms. The molecule has 0 fully saturated rings. The van der Waals surface area contributed by atoms with Crippen LogP contribution in [0.3, 0.4) is 0 Å². The van der Waals surface area contributed by atoms with Crippen LogP contribution in [0.1, 0.15) is 13.8 Å². The van der Waals surface area contributed by atoms with E-state index < -0.39 is 0 Å². The molecule has 0 N–H and O–H groups in total. The van der Waals surface area contributed by atoms with Crippen LogP contribution >= 0.6 is 0 Å². The van der Waals surface area contributed by atoms with E-state index in [9.17, 15) is 0 Å². The minimum atomic E-state index is 0.410. The van der Waals surface area contributed by atoms with Crippen molar-refractivity contribution in [3.05, 3.63) is 0 Å². The summed E-state index contributed by atoms with van der Waals surface area (Å²) in [5, 5.41) is 0. The number of rotatable bonds is 1. The Labute approximate surface area is 44.0 Å². The molecule has 0 nitrogen and oxygen atoms in total. The second-order valence-electron chi connectivity index (χ2n) is 1.28. The van der Waals surface area contributed by atoms with Crippen LogP contribution in [0.15, 0.2) is 0 Å². The van der Waals surface area contributed by atoms with Crippen molar-refractivity contribution >= 4 is 20.9 Å². The Morgan fingerprint density at radius 1 is 1.40 bits per heavy atom. The van der Waals surface area contributed by atoms with Crippen LogP contribution < -0.4 is 0 Å². The third-order valence-electron chi connectivity index (χ3n) is 0.471. The van der Waals surface area contributed by atoms with Crippen molar-refractivity contribution in [2.45, 2.75) is 22.8 Å². The third kappa shape index (κ3) is 4.79. The van der Waals surface area contributed by atoms with E-state index in [2.05, 4.69) is 18.8 Å². The first kappa shape index (κ1) is 5.79. The molecule has 0 aromatic rings. The van der Waals surface area contributed by atoms with Gasteiger partial charge in [0.25, 0.3) is 0 Å². The molecule has 1 heteroatoms. The monoisotopic (exact) mass is 188 g/mol. The van der Waals surface area contributed by atoms with Gasteiger partial charge in [-0.05, 0) is 0 Å². The topological polar surface area (TPSA) is 0 Å². The molecular weight excluding hydrogens is 176 g/mol. The molecule has 0 saturated carbocycles. The molecule has 0 aliphatic carbocycles. The van der Waals surface area contributed by atoms with Gasteiger partial charge in [-0.1, -0.05) is 0 Å². The van der Waals surface area contributed by atoms with Crippen molar-refractivity contribution in [1.82, 2.24) is 0 Å². The van der Waals surface area contributed by atoms with Gasteiger partial charge in [0.2, 0.25) is 0 Å². The van der Waals surface area contributed by atoms with Crippen molar-refractivity contribution in [2.75, 3.05) is 0 Å². The van der Waals surface area contributed by atoms with E-state index >= 15 is 0 Å². The van der Waals surface area contributed by atoms with Crippen molar-refractivity contribution in [3.63, 3.8) is 0 Å². The fourth-order valence-electron chi connectivity index (χ4n) is 0. The zero-order valence-corrected chi connectivity index (χ0v) is 6.32. The molecule has 0 saturated heterocycles. The molecule has 0 aliphatic heterocycles. The number of hydrogen-bond donors (Lipinski definition) is 0. The van der Waals surface area contributed by atoms with Crippen LogP contribution in [-0.4, -0.2) is 20.9 Å². The number of hydrogen-bond acceptors (Lipinski definition) is 0. The summed E-state index contributed by atoms with van der Waals surface area (Å²) < 4.78 is 1.01. The summed E-state index contributed by atoms with van der Waals surface area (Å²) in [7, 11) is 0. The minimum absolute atomic E-state index is 0.410. The van der Waals surface area contributed by atoms with Gasteiger partial charge in [0.15, 0.2) is 0 Å². The van der Waals surface area contributed by atoms with Gasteiger partial charge >= 0.3 is 43.7 Å². The average molecular weight is 186 g/mol. The quantitative estimate of drug-likeness (QED) is 0.545. The maximum absolute atomic E-state index is 2.33. The average Bonchev–Trinajstić information content (AvgIpc) is 1.38. The zero-order valence-electron chi connectivity index (χ0n) is 3.99. The fraction of sp³-hybridized carbons (Fsp3) is 1.00. The summed E-state index contributed by atoms with van der Waals surface area (Å²) in [5.74, 6) is 0. The van der Waals surface area contributed by atoms with E-state index in [0.29, 0.717) is 20.9 Å². The van der Waals surface area contributed by atoms with Crippen LogP contribution in [0.25, 0.3) is 0 Å². The zero-order chi connectivity index (χ0) is 4.28. The molecule has 0 atom stereocenters. The molecule has 0 aliphatic rings. The van der Waals surface area contributed by atoms with Crippen LogP contribution in [0.5, 0.6) is 0 Å². The Morgan fingerprint density at radius 2 is 1.60 bits per heavy atom. The fourth-order valence-corrected chi connectivity index (χ4v) is 0. The molecule has 31 valence electrons. The van der Waals surface area contributed by atoms with Gasteiger partial charge in [-0.2, -0.15) is 0 Å². The van der Waals surface area contributed by atoms with Crippen molar-refractivity contribution in [2.24, 2.45) is 0 Å². The maximum atomic E-state index is 2.33. The molecule has 0 rings (SSSR count). The first-order valence-electron chi connectivity index (χ1n) is 1.80. The van der Waals surface area contributed by atoms with E-state index in [1.165, 1.54) is 0 Å². The molecule has 0 heterocycles. The van der Waals surface area contributed by atoms with Crippen LogP contribution in [0, 0.1) is 0 Å². The predicted molar refractivity (Wildman–Crippen MR) is 26.7 cm³/mol. The van der Waals surface area contributed by atoms with Gasteiger partial charge in [-0.15, -0.1) is 0 Å². The summed E-state index contributed by atoms with van der Waals surface area (Å²) in [4.78, 5) is 2.33. The van der Waals surface area contributed by atoms with Crippen molar-refractivity contribution in [3.8, 4) is 0 Å². The first-order valence-corrected chi connectivity index (χ1v) is 5.47. The van der Waals surface area contributed by atoms with Gasteiger partial charge in [-0.25, -0.2) is 0 Å². The van der Waals surface area contributed by atoms with Gasteiger partial charge in [0, 0.05) is 0 Å². The van der Waals surface area contributed by atoms with E-state index in [1.54, 1.807) is 0 Å².